The number of hydrogen-bond acceptors (Lipinski definition) is 1. The predicted molar refractivity (Wildman–Crippen MR) is 58.2 cm³/mol. The summed E-state index contributed by atoms with van der Waals surface area (Å²) in [6.45, 7) is 2.22. The second-order valence-corrected chi connectivity index (χ2v) is 5.47. The van der Waals surface area contributed by atoms with Gasteiger partial charge in [-0.15, -0.1) is 0 Å². The number of rotatable bonds is 2. The molecule has 0 unspecified atom stereocenters. The van der Waals surface area contributed by atoms with Crippen molar-refractivity contribution in [1.82, 2.24) is 0 Å². The molecule has 0 radical (unpaired) electrons. The summed E-state index contributed by atoms with van der Waals surface area (Å²) in [4.78, 5) is 12.3. The maximum Gasteiger partial charge on any atom is 0.141 e. The lowest BCUT2D eigenvalue weighted by molar-refractivity contribution is -0.133. The highest BCUT2D eigenvalue weighted by Gasteiger charge is 2.38. The number of hydrogen-bond donors (Lipinski definition) is 0. The standard InChI is InChI=1S/C13H22O/c1-13(9-5-2-6-10-13)12(14)11-7-3-4-8-11/h11H,2-10H2,1H3. The minimum absolute atomic E-state index is 0.0628. The SMILES string of the molecule is CC1(C(=O)C2CCCC2)CCCCC1. The molecule has 2 rings (SSSR count). The third-order valence-electron chi connectivity index (χ3n) is 4.28. The Kier molecular flexibility index (Phi) is 2.94. The van der Waals surface area contributed by atoms with Crippen LogP contribution in [0.5, 0.6) is 0 Å². The second-order valence-electron chi connectivity index (χ2n) is 5.47. The average molecular weight is 194 g/mol. The molecular formula is C13H22O. The smallest absolute Gasteiger partial charge is 0.141 e. The molecule has 0 aromatic rings. The van der Waals surface area contributed by atoms with E-state index in [2.05, 4.69) is 6.92 Å². The maximum absolute atomic E-state index is 12.3. The average Bonchev–Trinajstić information content (AvgIpc) is 2.70. The highest BCUT2D eigenvalue weighted by atomic mass is 16.1. The summed E-state index contributed by atoms with van der Waals surface area (Å²) in [7, 11) is 0. The van der Waals surface area contributed by atoms with Crippen molar-refractivity contribution in [3.8, 4) is 0 Å². The Bertz CT molecular complexity index is 207. The van der Waals surface area contributed by atoms with Gasteiger partial charge in [0.15, 0.2) is 0 Å². The third-order valence-corrected chi connectivity index (χ3v) is 4.28. The summed E-state index contributed by atoms with van der Waals surface area (Å²) in [6.07, 6.45) is 11.1. The van der Waals surface area contributed by atoms with E-state index in [9.17, 15) is 4.79 Å². The van der Waals surface area contributed by atoms with Gasteiger partial charge in [0.25, 0.3) is 0 Å². The summed E-state index contributed by atoms with van der Waals surface area (Å²) < 4.78 is 0. The Morgan fingerprint density at radius 3 is 2.14 bits per heavy atom. The lowest BCUT2D eigenvalue weighted by Crippen LogP contribution is -2.34. The van der Waals surface area contributed by atoms with E-state index in [0.717, 1.165) is 12.8 Å². The van der Waals surface area contributed by atoms with Crippen LogP contribution < -0.4 is 0 Å². The van der Waals surface area contributed by atoms with Crippen molar-refractivity contribution in [1.29, 1.82) is 0 Å². The molecule has 0 aliphatic heterocycles. The summed E-state index contributed by atoms with van der Waals surface area (Å²) >= 11 is 0. The van der Waals surface area contributed by atoms with Gasteiger partial charge in [0.1, 0.15) is 5.78 Å². The zero-order valence-electron chi connectivity index (χ0n) is 9.35. The highest BCUT2D eigenvalue weighted by Crippen LogP contribution is 2.41. The lowest BCUT2D eigenvalue weighted by atomic mass is 9.69. The van der Waals surface area contributed by atoms with Crippen LogP contribution in [0, 0.1) is 11.3 Å². The molecule has 80 valence electrons. The zero-order valence-corrected chi connectivity index (χ0v) is 9.35. The molecule has 2 aliphatic carbocycles. The molecule has 2 aliphatic rings. The van der Waals surface area contributed by atoms with Crippen molar-refractivity contribution in [2.45, 2.75) is 64.7 Å². The second kappa shape index (κ2) is 4.04. The van der Waals surface area contributed by atoms with Gasteiger partial charge in [-0.1, -0.05) is 39.0 Å². The van der Waals surface area contributed by atoms with Crippen molar-refractivity contribution in [2.24, 2.45) is 11.3 Å². The molecule has 0 bridgehead atoms. The molecule has 0 heterocycles. The molecule has 1 heteroatoms. The minimum Gasteiger partial charge on any atom is -0.299 e. The van der Waals surface area contributed by atoms with Gasteiger partial charge in [-0.2, -0.15) is 0 Å². The fraction of sp³-hybridized carbons (Fsp3) is 0.923. The Labute approximate surface area is 87.3 Å². The quantitative estimate of drug-likeness (QED) is 0.655. The van der Waals surface area contributed by atoms with E-state index in [4.69, 9.17) is 0 Å². The first-order chi connectivity index (χ1) is 6.72. The Morgan fingerprint density at radius 2 is 1.57 bits per heavy atom. The third kappa shape index (κ3) is 1.87. The summed E-state index contributed by atoms with van der Waals surface area (Å²) in [6, 6.07) is 0. The van der Waals surface area contributed by atoms with Crippen LogP contribution in [0.3, 0.4) is 0 Å². The minimum atomic E-state index is 0.0628. The predicted octanol–water partition coefficient (Wildman–Crippen LogP) is 3.72. The first kappa shape index (κ1) is 10.2. The van der Waals surface area contributed by atoms with Crippen LogP contribution in [-0.4, -0.2) is 5.78 Å². The molecule has 0 amide bonds. The van der Waals surface area contributed by atoms with Crippen LogP contribution >= 0.6 is 0 Å². The van der Waals surface area contributed by atoms with Crippen molar-refractivity contribution in [3.05, 3.63) is 0 Å². The zero-order chi connectivity index (χ0) is 10.0. The molecule has 2 saturated carbocycles. The summed E-state index contributed by atoms with van der Waals surface area (Å²) in [5, 5.41) is 0. The van der Waals surface area contributed by atoms with Gasteiger partial charge in [0, 0.05) is 11.3 Å². The van der Waals surface area contributed by atoms with Crippen LogP contribution in [0.15, 0.2) is 0 Å². The number of ketones is 1. The van der Waals surface area contributed by atoms with Crippen molar-refractivity contribution < 1.29 is 4.79 Å². The van der Waals surface area contributed by atoms with E-state index in [-0.39, 0.29) is 5.41 Å². The van der Waals surface area contributed by atoms with Gasteiger partial charge in [0.2, 0.25) is 0 Å². The lowest BCUT2D eigenvalue weighted by Gasteiger charge is -2.34. The summed E-state index contributed by atoms with van der Waals surface area (Å²) in [5.41, 5.74) is 0.0628. The first-order valence-electron chi connectivity index (χ1n) is 6.27. The van der Waals surface area contributed by atoms with Gasteiger partial charge in [0.05, 0.1) is 0 Å². The number of Topliss-reactive ketones (excluding diaryl/α,β-unsaturated/α-hetero) is 1. The Balaban J connectivity index is 2.00. The van der Waals surface area contributed by atoms with Crippen LogP contribution in [-0.2, 0) is 4.79 Å². The van der Waals surface area contributed by atoms with E-state index in [1.54, 1.807) is 0 Å². The monoisotopic (exact) mass is 194 g/mol. The van der Waals surface area contributed by atoms with Gasteiger partial charge in [-0.05, 0) is 25.7 Å². The van der Waals surface area contributed by atoms with Gasteiger partial charge in [-0.25, -0.2) is 0 Å². The van der Waals surface area contributed by atoms with Crippen LogP contribution in [0.4, 0.5) is 0 Å². The van der Waals surface area contributed by atoms with Crippen molar-refractivity contribution >= 4 is 5.78 Å². The van der Waals surface area contributed by atoms with Crippen LogP contribution in [0.2, 0.25) is 0 Å². The number of carbonyl (C=O) groups is 1. The fourth-order valence-corrected chi connectivity index (χ4v) is 3.26. The fourth-order valence-electron chi connectivity index (χ4n) is 3.26. The van der Waals surface area contributed by atoms with Gasteiger partial charge < -0.3 is 0 Å². The molecule has 0 aromatic carbocycles. The van der Waals surface area contributed by atoms with Gasteiger partial charge >= 0.3 is 0 Å². The number of carbonyl (C=O) groups excluding carboxylic acids is 1. The molecule has 0 atom stereocenters. The highest BCUT2D eigenvalue weighted by molar-refractivity contribution is 5.86. The van der Waals surface area contributed by atoms with Crippen LogP contribution in [0.1, 0.15) is 64.7 Å². The molecule has 2 fully saturated rings. The molecule has 0 N–H and O–H groups in total. The maximum atomic E-state index is 12.3. The van der Waals surface area contributed by atoms with Crippen LogP contribution in [0.25, 0.3) is 0 Å². The van der Waals surface area contributed by atoms with Crippen molar-refractivity contribution in [3.63, 3.8) is 0 Å². The molecule has 0 aromatic heterocycles. The molecule has 0 spiro atoms. The van der Waals surface area contributed by atoms with E-state index in [1.807, 2.05) is 0 Å². The summed E-state index contributed by atoms with van der Waals surface area (Å²) in [5.74, 6) is 1.04. The Morgan fingerprint density at radius 1 is 1.00 bits per heavy atom. The molecule has 0 saturated heterocycles. The van der Waals surface area contributed by atoms with E-state index < -0.39 is 0 Å². The first-order valence-corrected chi connectivity index (χ1v) is 6.27. The van der Waals surface area contributed by atoms with E-state index in [0.29, 0.717) is 11.7 Å². The van der Waals surface area contributed by atoms with Gasteiger partial charge in [-0.3, -0.25) is 4.79 Å². The molecular weight excluding hydrogens is 172 g/mol. The molecule has 14 heavy (non-hydrogen) atoms. The largest absolute Gasteiger partial charge is 0.299 e. The van der Waals surface area contributed by atoms with Crippen molar-refractivity contribution in [2.75, 3.05) is 0 Å². The topological polar surface area (TPSA) is 17.1 Å². The molecule has 1 nitrogen and oxygen atoms in total. The Hall–Kier alpha value is -0.330. The van der Waals surface area contributed by atoms with E-state index in [1.165, 1.54) is 44.9 Å². The van der Waals surface area contributed by atoms with E-state index >= 15 is 0 Å². The normalized spacial score (nSPS) is 27.8.